The lowest BCUT2D eigenvalue weighted by molar-refractivity contribution is -1.02. The van der Waals surface area contributed by atoms with Gasteiger partial charge in [0.15, 0.2) is 0 Å². The van der Waals surface area contributed by atoms with Crippen LogP contribution in [0.15, 0.2) is 108 Å². The van der Waals surface area contributed by atoms with Gasteiger partial charge in [-0.15, -0.1) is 0 Å². The normalized spacial score (nSPS) is 17.2. The molecule has 0 spiro atoms. The summed E-state index contributed by atoms with van der Waals surface area (Å²) in [6.45, 7) is 6.71. The standard InChI is InChI=1S/C32H34N4O.2ClH/c37-32-30-18-11-21-35(30)28-16-7-8-17-29(28)36(32)20-10-9-19-33-22-24-34(25-23-33)31(26-12-3-1-4-13-26)27-14-5-2-6-15-27;;/h1-8,11-18,21,31H,9-10,19-20,22-25H2;2*1H. The molecule has 1 saturated heterocycles. The van der Waals surface area contributed by atoms with Crippen LogP contribution in [0.1, 0.15) is 30.0 Å². The molecular weight excluding hydrogens is 527 g/mol. The van der Waals surface area contributed by atoms with Gasteiger partial charge in [-0.1, -0.05) is 72.8 Å². The minimum atomic E-state index is 0. The summed E-state index contributed by atoms with van der Waals surface area (Å²) >= 11 is 0. The van der Waals surface area contributed by atoms with Crippen molar-refractivity contribution in [3.63, 3.8) is 0 Å². The van der Waals surface area contributed by atoms with Gasteiger partial charge >= 0.3 is 0 Å². The van der Waals surface area contributed by atoms with Gasteiger partial charge in [0.05, 0.1) is 17.6 Å². The molecule has 1 aliphatic rings. The first-order valence-corrected chi connectivity index (χ1v) is 13.7. The van der Waals surface area contributed by atoms with Crippen LogP contribution < -0.4 is 40.2 Å². The number of nitrogens with zero attached hydrogens (tertiary/aromatic N) is 2. The first kappa shape index (κ1) is 28.9. The van der Waals surface area contributed by atoms with Crippen molar-refractivity contribution in [3.05, 3.63) is 125 Å². The van der Waals surface area contributed by atoms with E-state index in [-0.39, 0.29) is 30.4 Å². The van der Waals surface area contributed by atoms with E-state index in [0.29, 0.717) is 6.04 Å². The number of rotatable bonds is 8. The fourth-order valence-corrected chi connectivity index (χ4v) is 6.19. The molecule has 5 nitrogen and oxygen atoms in total. The number of piperazine rings is 1. The summed E-state index contributed by atoms with van der Waals surface area (Å²) in [5, 5.41) is 0. The second-order valence-electron chi connectivity index (χ2n) is 10.3. The number of fused-ring (bicyclic) bond motifs is 3. The number of benzene rings is 3. The number of aromatic nitrogens is 2. The average Bonchev–Trinajstić information content (AvgIpc) is 3.46. The Balaban J connectivity index is 0.00000176. The zero-order chi connectivity index (χ0) is 25.0. The summed E-state index contributed by atoms with van der Waals surface area (Å²) in [5.41, 5.74) is 5.80. The molecule has 0 saturated carbocycles. The van der Waals surface area contributed by atoms with E-state index in [0.717, 1.165) is 35.9 Å². The first-order chi connectivity index (χ1) is 18.3. The number of quaternary nitrogens is 2. The predicted molar refractivity (Wildman–Crippen MR) is 149 cm³/mol. The number of aryl methyl sites for hydroxylation is 1. The van der Waals surface area contributed by atoms with E-state index in [1.807, 2.05) is 39.4 Å². The van der Waals surface area contributed by atoms with Gasteiger partial charge in [0, 0.05) is 23.9 Å². The molecule has 1 fully saturated rings. The van der Waals surface area contributed by atoms with Crippen LogP contribution in [0.5, 0.6) is 0 Å². The highest BCUT2D eigenvalue weighted by Crippen LogP contribution is 2.19. The molecule has 2 aromatic heterocycles. The third-order valence-corrected chi connectivity index (χ3v) is 8.08. The Morgan fingerprint density at radius 2 is 1.21 bits per heavy atom. The van der Waals surface area contributed by atoms with Crippen molar-refractivity contribution in [2.75, 3.05) is 32.7 Å². The van der Waals surface area contributed by atoms with Crippen LogP contribution in [0.25, 0.3) is 16.6 Å². The van der Waals surface area contributed by atoms with Crippen LogP contribution in [0.2, 0.25) is 0 Å². The average molecular weight is 564 g/mol. The van der Waals surface area contributed by atoms with Crippen molar-refractivity contribution in [2.24, 2.45) is 0 Å². The summed E-state index contributed by atoms with van der Waals surface area (Å²) in [6, 6.07) is 34.5. The molecule has 5 aromatic rings. The molecule has 2 N–H and O–H groups in total. The number of nitrogens with one attached hydrogen (secondary N) is 2. The van der Waals surface area contributed by atoms with Gasteiger partial charge < -0.3 is 43.6 Å². The number of hydrogen-bond donors (Lipinski definition) is 2. The van der Waals surface area contributed by atoms with Gasteiger partial charge in [-0.25, -0.2) is 0 Å². The predicted octanol–water partition coefficient (Wildman–Crippen LogP) is -3.38. The highest BCUT2D eigenvalue weighted by molar-refractivity contribution is 5.79. The number of para-hydroxylation sites is 2. The highest BCUT2D eigenvalue weighted by Gasteiger charge is 2.31. The van der Waals surface area contributed by atoms with E-state index in [9.17, 15) is 4.79 Å². The van der Waals surface area contributed by atoms with Crippen molar-refractivity contribution >= 4 is 16.6 Å². The Hall–Kier alpha value is -3.09. The molecular formula is C32H36Cl2N4O. The van der Waals surface area contributed by atoms with Crippen molar-refractivity contribution in [3.8, 4) is 0 Å². The Morgan fingerprint density at radius 3 is 1.85 bits per heavy atom. The molecule has 6 rings (SSSR count). The lowest BCUT2D eigenvalue weighted by Gasteiger charge is -2.35. The molecule has 7 heteroatoms. The summed E-state index contributed by atoms with van der Waals surface area (Å²) < 4.78 is 3.99. The largest absolute Gasteiger partial charge is 1.00 e. The van der Waals surface area contributed by atoms with Crippen LogP contribution >= 0.6 is 0 Å². The van der Waals surface area contributed by atoms with Gasteiger partial charge in [0.25, 0.3) is 5.56 Å². The molecule has 204 valence electrons. The maximum absolute atomic E-state index is 13.2. The number of halogens is 2. The quantitative estimate of drug-likeness (QED) is 0.190. The van der Waals surface area contributed by atoms with E-state index >= 15 is 0 Å². The first-order valence-electron chi connectivity index (χ1n) is 13.7. The molecule has 0 amide bonds. The Morgan fingerprint density at radius 1 is 0.641 bits per heavy atom. The summed E-state index contributed by atoms with van der Waals surface area (Å²) in [4.78, 5) is 16.5. The molecule has 0 radical (unpaired) electrons. The molecule has 3 aromatic carbocycles. The lowest BCUT2D eigenvalue weighted by atomic mass is 9.96. The Labute approximate surface area is 242 Å². The van der Waals surface area contributed by atoms with Crippen molar-refractivity contribution in [1.29, 1.82) is 0 Å². The SMILES string of the molecule is O=c1c2cccn2c2ccccc2n1CCCC[NH+]1CC[NH+](C(c2ccccc2)c2ccccc2)CC1.[Cl-].[Cl-]. The minimum absolute atomic E-state index is 0. The van der Waals surface area contributed by atoms with Crippen LogP contribution in [-0.4, -0.2) is 41.7 Å². The molecule has 0 aliphatic carbocycles. The Bertz CT molecular complexity index is 1490. The number of unbranched alkanes of at least 4 members (excludes halogenated alkanes) is 1. The van der Waals surface area contributed by atoms with E-state index in [1.165, 1.54) is 43.9 Å². The molecule has 0 unspecified atom stereocenters. The monoisotopic (exact) mass is 562 g/mol. The Kier molecular flexibility index (Phi) is 9.87. The zero-order valence-electron chi connectivity index (χ0n) is 22.1. The van der Waals surface area contributed by atoms with Gasteiger partial charge in [-0.3, -0.25) is 4.79 Å². The van der Waals surface area contributed by atoms with Gasteiger partial charge in [-0.2, -0.15) is 0 Å². The van der Waals surface area contributed by atoms with Crippen LogP contribution in [-0.2, 0) is 6.54 Å². The molecule has 0 bridgehead atoms. The van der Waals surface area contributed by atoms with Gasteiger partial charge in [0.2, 0.25) is 0 Å². The van der Waals surface area contributed by atoms with E-state index in [2.05, 4.69) is 72.8 Å². The fraction of sp³-hybridized carbons (Fsp3) is 0.281. The minimum Gasteiger partial charge on any atom is -1.00 e. The van der Waals surface area contributed by atoms with E-state index in [4.69, 9.17) is 0 Å². The zero-order valence-corrected chi connectivity index (χ0v) is 23.6. The molecule has 1 aliphatic heterocycles. The third kappa shape index (κ3) is 6.07. The molecule has 3 heterocycles. The summed E-state index contributed by atoms with van der Waals surface area (Å²) in [6.07, 6.45) is 4.14. The van der Waals surface area contributed by atoms with Crippen molar-refractivity contribution in [1.82, 2.24) is 8.97 Å². The molecule has 0 atom stereocenters. The molecule has 39 heavy (non-hydrogen) atoms. The lowest BCUT2D eigenvalue weighted by Crippen LogP contribution is -3.28. The van der Waals surface area contributed by atoms with Crippen LogP contribution in [0.3, 0.4) is 0 Å². The second kappa shape index (κ2) is 13.3. The van der Waals surface area contributed by atoms with Crippen molar-refractivity contribution < 1.29 is 34.6 Å². The van der Waals surface area contributed by atoms with Gasteiger partial charge in [0.1, 0.15) is 37.7 Å². The highest BCUT2D eigenvalue weighted by atomic mass is 35.5. The van der Waals surface area contributed by atoms with E-state index < -0.39 is 0 Å². The second-order valence-corrected chi connectivity index (χ2v) is 10.3. The third-order valence-electron chi connectivity index (χ3n) is 8.08. The van der Waals surface area contributed by atoms with E-state index in [1.54, 1.807) is 9.80 Å². The summed E-state index contributed by atoms with van der Waals surface area (Å²) in [5.74, 6) is 0. The van der Waals surface area contributed by atoms with Crippen LogP contribution in [0, 0.1) is 0 Å². The fourth-order valence-electron chi connectivity index (χ4n) is 6.19. The number of hydrogen-bond acceptors (Lipinski definition) is 1. The van der Waals surface area contributed by atoms with Crippen molar-refractivity contribution in [2.45, 2.75) is 25.4 Å². The van der Waals surface area contributed by atoms with Crippen LogP contribution in [0.4, 0.5) is 0 Å². The maximum Gasteiger partial charge on any atom is 0.275 e. The summed E-state index contributed by atoms with van der Waals surface area (Å²) in [7, 11) is 0. The smallest absolute Gasteiger partial charge is 0.275 e. The topological polar surface area (TPSA) is 35.3 Å². The van der Waals surface area contributed by atoms with Gasteiger partial charge in [-0.05, 0) is 37.1 Å². The maximum atomic E-state index is 13.2.